The predicted molar refractivity (Wildman–Crippen MR) is 115 cm³/mol. The lowest BCUT2D eigenvalue weighted by Crippen LogP contribution is -2.48. The third kappa shape index (κ3) is 3.90. The molecule has 2 amide bonds. The molecular formula is C22H30BrNO8. The van der Waals surface area contributed by atoms with E-state index in [4.69, 9.17) is 14.2 Å². The Morgan fingerprint density at radius 2 is 1.72 bits per heavy atom. The molecule has 3 rings (SSSR count). The number of alkyl halides is 1. The monoisotopic (exact) mass is 515 g/mol. The lowest BCUT2D eigenvalue weighted by molar-refractivity contribution is -0.169. The summed E-state index contributed by atoms with van der Waals surface area (Å²) in [6, 6.07) is 0. The minimum absolute atomic E-state index is 0.104. The maximum absolute atomic E-state index is 13.3. The van der Waals surface area contributed by atoms with Crippen LogP contribution in [0.3, 0.4) is 0 Å². The molecular weight excluding hydrogens is 486 g/mol. The number of nitrogens with zero attached hydrogens (tertiary/aromatic N) is 1. The summed E-state index contributed by atoms with van der Waals surface area (Å²) in [5, 5.41) is 10.5. The first-order valence-corrected chi connectivity index (χ1v) is 11.3. The van der Waals surface area contributed by atoms with Gasteiger partial charge in [-0.3, -0.25) is 24.1 Å². The van der Waals surface area contributed by atoms with Crippen molar-refractivity contribution in [1.82, 2.24) is 4.90 Å². The third-order valence-electron chi connectivity index (χ3n) is 6.13. The molecule has 3 aliphatic heterocycles. The number of aliphatic hydroxyl groups excluding tert-OH is 1. The van der Waals surface area contributed by atoms with Gasteiger partial charge in [0.2, 0.25) is 11.8 Å². The number of carbonyl (C=O) groups excluding carboxylic acids is 4. The van der Waals surface area contributed by atoms with Crippen molar-refractivity contribution in [2.45, 2.75) is 63.2 Å². The van der Waals surface area contributed by atoms with E-state index in [0.717, 1.165) is 4.90 Å². The smallest absolute Gasteiger partial charge is 0.322 e. The Hall–Kier alpha value is -1.78. The number of hydrogen-bond donors (Lipinski definition) is 1. The standard InChI is InChI=1S/C22H30BrNO8/c1-12(25)22-8-7-21(32-22,11-31-18(29)20(5,6)23)13-14(22)16(27)24(15(13)26)9-10-30-17(28)19(2,3)4/h7-8,12-14,25H,9-11H2,1-6H3. The number of esters is 2. The first kappa shape index (κ1) is 24.9. The molecule has 2 fully saturated rings. The zero-order valence-corrected chi connectivity index (χ0v) is 20.7. The average Bonchev–Trinajstić information content (AvgIpc) is 3.28. The summed E-state index contributed by atoms with van der Waals surface area (Å²) in [6.07, 6.45) is 2.10. The van der Waals surface area contributed by atoms with Crippen LogP contribution in [0.15, 0.2) is 12.2 Å². The number of carbonyl (C=O) groups is 4. The van der Waals surface area contributed by atoms with Crippen molar-refractivity contribution >= 4 is 39.7 Å². The fraction of sp³-hybridized carbons (Fsp3) is 0.727. The zero-order valence-electron chi connectivity index (χ0n) is 19.1. The highest BCUT2D eigenvalue weighted by atomic mass is 79.9. The summed E-state index contributed by atoms with van der Waals surface area (Å²) < 4.78 is 15.8. The van der Waals surface area contributed by atoms with Gasteiger partial charge < -0.3 is 19.3 Å². The summed E-state index contributed by atoms with van der Waals surface area (Å²) in [5.41, 5.74) is -3.47. The number of rotatable bonds is 7. The Labute approximate surface area is 195 Å². The molecule has 5 unspecified atom stereocenters. The molecule has 0 aromatic rings. The molecule has 3 aliphatic rings. The van der Waals surface area contributed by atoms with E-state index in [9.17, 15) is 24.3 Å². The number of likely N-dealkylation sites (tertiary alicyclic amines) is 1. The minimum atomic E-state index is -1.40. The zero-order chi connectivity index (χ0) is 24.3. The predicted octanol–water partition coefficient (Wildman–Crippen LogP) is 1.35. The van der Waals surface area contributed by atoms with Gasteiger partial charge in [0.15, 0.2) is 0 Å². The molecule has 0 aromatic heterocycles. The number of hydrogen-bond acceptors (Lipinski definition) is 8. The van der Waals surface area contributed by atoms with Crippen LogP contribution in [-0.4, -0.2) is 75.1 Å². The Morgan fingerprint density at radius 3 is 2.25 bits per heavy atom. The van der Waals surface area contributed by atoms with Crippen LogP contribution in [0.2, 0.25) is 0 Å². The van der Waals surface area contributed by atoms with E-state index in [-0.39, 0.29) is 19.8 Å². The molecule has 0 radical (unpaired) electrons. The van der Waals surface area contributed by atoms with E-state index in [2.05, 4.69) is 15.9 Å². The van der Waals surface area contributed by atoms with Crippen molar-refractivity contribution in [3.63, 3.8) is 0 Å². The number of amides is 2. The van der Waals surface area contributed by atoms with Gasteiger partial charge in [-0.2, -0.15) is 0 Å². The van der Waals surface area contributed by atoms with Crippen LogP contribution in [0, 0.1) is 17.3 Å². The molecule has 1 N–H and O–H groups in total. The van der Waals surface area contributed by atoms with Crippen LogP contribution in [0.5, 0.6) is 0 Å². The van der Waals surface area contributed by atoms with Crippen LogP contribution >= 0.6 is 15.9 Å². The van der Waals surface area contributed by atoms with Gasteiger partial charge in [-0.05, 0) is 47.6 Å². The molecule has 5 atom stereocenters. The van der Waals surface area contributed by atoms with Gasteiger partial charge in [-0.25, -0.2) is 0 Å². The van der Waals surface area contributed by atoms with Crippen molar-refractivity contribution in [1.29, 1.82) is 0 Å². The Balaban J connectivity index is 1.82. The fourth-order valence-electron chi connectivity index (χ4n) is 4.35. The Bertz CT molecular complexity index is 870. The SMILES string of the molecule is CC(O)C12C=CC(COC(=O)C(C)(C)Br)(O1)C1C(=O)N(CCOC(=O)C(C)(C)C)C(=O)C12. The number of imide groups is 1. The molecule has 0 saturated carbocycles. The maximum atomic E-state index is 13.3. The van der Waals surface area contributed by atoms with Gasteiger partial charge in [0.05, 0.1) is 29.9 Å². The van der Waals surface area contributed by atoms with Gasteiger partial charge in [0.25, 0.3) is 0 Å². The van der Waals surface area contributed by atoms with Crippen LogP contribution in [0.25, 0.3) is 0 Å². The quantitative estimate of drug-likeness (QED) is 0.233. The van der Waals surface area contributed by atoms with Crippen molar-refractivity contribution in [3.8, 4) is 0 Å². The summed E-state index contributed by atoms with van der Waals surface area (Å²) in [7, 11) is 0. The van der Waals surface area contributed by atoms with Gasteiger partial charge in [-0.15, -0.1) is 0 Å². The summed E-state index contributed by atoms with van der Waals surface area (Å²) in [5.74, 6) is -3.93. The molecule has 2 saturated heterocycles. The lowest BCUT2D eigenvalue weighted by atomic mass is 9.70. The molecule has 0 aromatic carbocycles. The number of ether oxygens (including phenoxy) is 3. The topological polar surface area (TPSA) is 119 Å². The molecule has 0 spiro atoms. The second-order valence-corrected chi connectivity index (χ2v) is 12.1. The second-order valence-electron chi connectivity index (χ2n) is 10.1. The molecule has 0 aliphatic carbocycles. The average molecular weight is 516 g/mol. The largest absolute Gasteiger partial charge is 0.463 e. The van der Waals surface area contributed by atoms with Gasteiger partial charge >= 0.3 is 11.9 Å². The summed E-state index contributed by atoms with van der Waals surface area (Å²) in [4.78, 5) is 51.9. The fourth-order valence-corrected chi connectivity index (χ4v) is 4.46. The van der Waals surface area contributed by atoms with Crippen molar-refractivity contribution in [3.05, 3.63) is 12.2 Å². The van der Waals surface area contributed by atoms with Crippen molar-refractivity contribution in [2.24, 2.45) is 17.3 Å². The Kier molecular flexibility index (Phi) is 6.15. The molecule has 178 valence electrons. The van der Waals surface area contributed by atoms with Crippen LogP contribution < -0.4 is 0 Å². The molecule has 9 nitrogen and oxygen atoms in total. The second kappa shape index (κ2) is 7.92. The van der Waals surface area contributed by atoms with Crippen LogP contribution in [0.4, 0.5) is 0 Å². The van der Waals surface area contributed by atoms with E-state index in [1.165, 1.54) is 6.92 Å². The van der Waals surface area contributed by atoms with E-state index in [1.54, 1.807) is 46.8 Å². The number of fused-ring (bicyclic) bond motifs is 5. The van der Waals surface area contributed by atoms with Gasteiger partial charge in [0.1, 0.15) is 28.7 Å². The molecule has 2 bridgehead atoms. The maximum Gasteiger partial charge on any atom is 0.322 e. The molecule has 10 heteroatoms. The van der Waals surface area contributed by atoms with Crippen LogP contribution in [0.1, 0.15) is 41.5 Å². The highest BCUT2D eigenvalue weighted by molar-refractivity contribution is 9.10. The lowest BCUT2D eigenvalue weighted by Gasteiger charge is -2.32. The summed E-state index contributed by atoms with van der Waals surface area (Å²) >= 11 is 3.23. The van der Waals surface area contributed by atoms with Crippen molar-refractivity contribution in [2.75, 3.05) is 19.8 Å². The number of halogens is 1. The molecule has 3 heterocycles. The number of aliphatic hydroxyl groups is 1. The van der Waals surface area contributed by atoms with Crippen molar-refractivity contribution < 1.29 is 38.5 Å². The first-order valence-electron chi connectivity index (χ1n) is 10.5. The minimum Gasteiger partial charge on any atom is -0.463 e. The van der Waals surface area contributed by atoms with Crippen LogP contribution in [-0.2, 0) is 33.4 Å². The Morgan fingerprint density at radius 1 is 1.12 bits per heavy atom. The van der Waals surface area contributed by atoms with E-state index < -0.39 is 62.6 Å². The first-order chi connectivity index (χ1) is 14.6. The normalized spacial score (nSPS) is 32.3. The summed E-state index contributed by atoms with van der Waals surface area (Å²) in [6.45, 7) is 9.34. The van der Waals surface area contributed by atoms with E-state index >= 15 is 0 Å². The highest BCUT2D eigenvalue weighted by Gasteiger charge is 2.75. The molecule has 32 heavy (non-hydrogen) atoms. The van der Waals surface area contributed by atoms with E-state index in [1.807, 2.05) is 0 Å². The van der Waals surface area contributed by atoms with Gasteiger partial charge in [-0.1, -0.05) is 22.0 Å². The third-order valence-corrected chi connectivity index (χ3v) is 6.45. The highest BCUT2D eigenvalue weighted by Crippen LogP contribution is 2.58. The van der Waals surface area contributed by atoms with Gasteiger partial charge in [0, 0.05) is 0 Å². The van der Waals surface area contributed by atoms with E-state index in [0.29, 0.717) is 0 Å².